The zero-order valence-electron chi connectivity index (χ0n) is 22.5. The second-order valence-corrected chi connectivity index (χ2v) is 10.4. The third-order valence-corrected chi connectivity index (χ3v) is 7.67. The van der Waals surface area contributed by atoms with Crippen LogP contribution in [0.15, 0.2) is 54.1 Å². The number of amides is 2. The van der Waals surface area contributed by atoms with Crippen LogP contribution in [0.5, 0.6) is 5.75 Å². The summed E-state index contributed by atoms with van der Waals surface area (Å²) in [6.45, 7) is 1.41. The molecule has 1 aliphatic carbocycles. The van der Waals surface area contributed by atoms with Gasteiger partial charge in [0.05, 0.1) is 12.7 Å². The minimum atomic E-state index is -0.222. The number of allylic oxidation sites excluding steroid dienone is 1. The first-order chi connectivity index (χ1) is 18.5. The van der Waals surface area contributed by atoms with Gasteiger partial charge in [0.1, 0.15) is 12.4 Å². The van der Waals surface area contributed by atoms with Crippen LogP contribution in [0.1, 0.15) is 64.2 Å². The zero-order valence-corrected chi connectivity index (χ0v) is 22.5. The highest BCUT2D eigenvalue weighted by Gasteiger charge is 2.32. The number of unbranched alkanes of at least 4 members (excludes halogenated alkanes) is 2. The van der Waals surface area contributed by atoms with Gasteiger partial charge in [0.15, 0.2) is 0 Å². The van der Waals surface area contributed by atoms with E-state index < -0.39 is 0 Å². The molecule has 2 amide bonds. The first kappa shape index (κ1) is 27.7. The Bertz CT molecular complexity index is 1130. The predicted octanol–water partition coefficient (Wildman–Crippen LogP) is 5.18. The molecule has 0 aromatic heterocycles. The molecule has 204 valence electrons. The minimum absolute atomic E-state index is 0.0599. The Morgan fingerprint density at radius 3 is 2.61 bits per heavy atom. The number of carbonyl (C=O) groups is 3. The number of likely N-dealkylation sites (tertiary alicyclic amines) is 1. The fourth-order valence-corrected chi connectivity index (χ4v) is 5.45. The number of hydrogen-bond acceptors (Lipinski definition) is 5. The van der Waals surface area contributed by atoms with Gasteiger partial charge < -0.3 is 19.7 Å². The van der Waals surface area contributed by atoms with E-state index >= 15 is 0 Å². The van der Waals surface area contributed by atoms with Crippen molar-refractivity contribution in [3.8, 4) is 5.75 Å². The Balaban J connectivity index is 1.37. The number of carbonyl (C=O) groups excluding carboxylic acids is 3. The Labute approximate surface area is 225 Å². The van der Waals surface area contributed by atoms with Crippen molar-refractivity contribution in [2.45, 2.75) is 70.3 Å². The summed E-state index contributed by atoms with van der Waals surface area (Å²) >= 11 is 0. The molecular formula is C31H40N2O5. The van der Waals surface area contributed by atoms with Gasteiger partial charge in [-0.15, -0.1) is 0 Å². The van der Waals surface area contributed by atoms with E-state index in [1.807, 2.05) is 53.4 Å². The van der Waals surface area contributed by atoms with E-state index in [0.717, 1.165) is 55.0 Å². The lowest BCUT2D eigenvalue weighted by Crippen LogP contribution is -2.41. The lowest BCUT2D eigenvalue weighted by Gasteiger charge is -2.26. The van der Waals surface area contributed by atoms with E-state index in [1.54, 1.807) is 0 Å². The number of esters is 1. The summed E-state index contributed by atoms with van der Waals surface area (Å²) in [5.74, 6) is 0.752. The maximum Gasteiger partial charge on any atom is 0.305 e. The summed E-state index contributed by atoms with van der Waals surface area (Å²) in [7, 11) is 1.39. The third-order valence-electron chi connectivity index (χ3n) is 7.67. The van der Waals surface area contributed by atoms with Crippen LogP contribution in [-0.2, 0) is 19.1 Å². The van der Waals surface area contributed by atoms with Crippen LogP contribution in [0.4, 0.5) is 0 Å². The van der Waals surface area contributed by atoms with Crippen molar-refractivity contribution in [3.63, 3.8) is 0 Å². The van der Waals surface area contributed by atoms with Crippen molar-refractivity contribution in [2.24, 2.45) is 5.92 Å². The summed E-state index contributed by atoms with van der Waals surface area (Å²) in [6.07, 6.45) is 10.6. The molecule has 0 bridgehead atoms. The highest BCUT2D eigenvalue weighted by atomic mass is 16.5. The number of nitrogens with one attached hydrogen (secondary N) is 1. The number of benzene rings is 2. The number of ether oxygens (including phenoxy) is 2. The second-order valence-electron chi connectivity index (χ2n) is 10.4. The SMILES string of the molecule is COC(=O)CCCC/C=C(\COc1cccc2ccccc12)C(=O)NC1CCN(C(=O)C2CCCCC2)C1. The molecule has 38 heavy (non-hydrogen) atoms. The van der Waals surface area contributed by atoms with Crippen molar-refractivity contribution in [3.05, 3.63) is 54.1 Å². The Hall–Kier alpha value is -3.35. The lowest BCUT2D eigenvalue weighted by atomic mass is 9.88. The van der Waals surface area contributed by atoms with Crippen molar-refractivity contribution in [1.29, 1.82) is 0 Å². The molecule has 1 saturated heterocycles. The number of methoxy groups -OCH3 is 1. The summed E-state index contributed by atoms with van der Waals surface area (Å²) in [4.78, 5) is 39.6. The lowest BCUT2D eigenvalue weighted by molar-refractivity contribution is -0.140. The normalized spacial score (nSPS) is 18.4. The molecule has 4 rings (SSSR count). The third kappa shape index (κ3) is 7.59. The maximum atomic E-state index is 13.3. The number of nitrogens with zero attached hydrogens (tertiary/aromatic N) is 1. The fourth-order valence-electron chi connectivity index (χ4n) is 5.45. The topological polar surface area (TPSA) is 84.9 Å². The largest absolute Gasteiger partial charge is 0.488 e. The van der Waals surface area contributed by atoms with Gasteiger partial charge in [-0.25, -0.2) is 0 Å². The van der Waals surface area contributed by atoms with E-state index in [0.29, 0.717) is 37.9 Å². The molecule has 2 aliphatic rings. The molecule has 1 heterocycles. The van der Waals surface area contributed by atoms with Crippen LogP contribution in [0.2, 0.25) is 0 Å². The van der Waals surface area contributed by atoms with Crippen molar-refractivity contribution in [2.75, 3.05) is 26.8 Å². The van der Waals surface area contributed by atoms with Crippen LogP contribution in [-0.4, -0.2) is 55.5 Å². The van der Waals surface area contributed by atoms with Crippen molar-refractivity contribution in [1.82, 2.24) is 10.2 Å². The summed E-state index contributed by atoms with van der Waals surface area (Å²) < 4.78 is 10.9. The number of hydrogen-bond donors (Lipinski definition) is 1. The molecule has 0 radical (unpaired) electrons. The maximum absolute atomic E-state index is 13.3. The van der Waals surface area contributed by atoms with Crippen LogP contribution in [0, 0.1) is 5.92 Å². The highest BCUT2D eigenvalue weighted by Crippen LogP contribution is 2.27. The van der Waals surface area contributed by atoms with Gasteiger partial charge in [-0.3, -0.25) is 14.4 Å². The quantitative estimate of drug-likeness (QED) is 0.251. The molecule has 1 saturated carbocycles. The standard InChI is InChI=1S/C31H40N2O5/c1-37-29(34)18-7-3-6-14-25(22-38-28-17-10-15-23-11-8-9-16-27(23)28)30(35)32-26-19-20-33(21-26)31(36)24-12-4-2-5-13-24/h8-11,14-17,24,26H,2-7,12-13,18-22H2,1H3,(H,32,35)/b25-14+. The van der Waals surface area contributed by atoms with Gasteiger partial charge in [0.2, 0.25) is 5.91 Å². The predicted molar refractivity (Wildman–Crippen MR) is 148 cm³/mol. The first-order valence-corrected chi connectivity index (χ1v) is 14.0. The Morgan fingerprint density at radius 1 is 1.00 bits per heavy atom. The molecular weight excluding hydrogens is 480 g/mol. The molecule has 2 aromatic rings. The van der Waals surface area contributed by atoms with E-state index in [-0.39, 0.29) is 36.4 Å². The minimum Gasteiger partial charge on any atom is -0.488 e. The molecule has 1 atom stereocenters. The highest BCUT2D eigenvalue weighted by molar-refractivity contribution is 5.94. The summed E-state index contributed by atoms with van der Waals surface area (Å²) in [6, 6.07) is 13.8. The molecule has 1 N–H and O–H groups in total. The molecule has 1 aliphatic heterocycles. The van der Waals surface area contributed by atoms with Gasteiger partial charge in [0, 0.05) is 36.9 Å². The van der Waals surface area contributed by atoms with Gasteiger partial charge in [-0.05, 0) is 50.0 Å². The van der Waals surface area contributed by atoms with Gasteiger partial charge in [-0.1, -0.05) is 61.7 Å². The van der Waals surface area contributed by atoms with E-state index in [9.17, 15) is 14.4 Å². The van der Waals surface area contributed by atoms with Gasteiger partial charge in [0.25, 0.3) is 5.91 Å². The molecule has 2 aromatic carbocycles. The number of fused-ring (bicyclic) bond motifs is 1. The van der Waals surface area contributed by atoms with E-state index in [4.69, 9.17) is 9.47 Å². The van der Waals surface area contributed by atoms with E-state index in [2.05, 4.69) is 5.32 Å². The average Bonchev–Trinajstić information content (AvgIpc) is 3.42. The Kier molecular flexibility index (Phi) is 10.2. The van der Waals surface area contributed by atoms with Crippen LogP contribution in [0.3, 0.4) is 0 Å². The smallest absolute Gasteiger partial charge is 0.305 e. The Morgan fingerprint density at radius 2 is 1.79 bits per heavy atom. The fraction of sp³-hybridized carbons (Fsp3) is 0.516. The molecule has 7 nitrogen and oxygen atoms in total. The second kappa shape index (κ2) is 14.0. The van der Waals surface area contributed by atoms with Gasteiger partial charge in [-0.2, -0.15) is 0 Å². The molecule has 1 unspecified atom stereocenters. The average molecular weight is 521 g/mol. The van der Waals surface area contributed by atoms with Crippen LogP contribution >= 0.6 is 0 Å². The van der Waals surface area contributed by atoms with Crippen molar-refractivity contribution < 1.29 is 23.9 Å². The molecule has 0 spiro atoms. The molecule has 2 fully saturated rings. The van der Waals surface area contributed by atoms with Gasteiger partial charge >= 0.3 is 5.97 Å². The summed E-state index contributed by atoms with van der Waals surface area (Å²) in [5.41, 5.74) is 0.563. The molecule has 7 heteroatoms. The zero-order chi connectivity index (χ0) is 26.7. The monoisotopic (exact) mass is 520 g/mol. The first-order valence-electron chi connectivity index (χ1n) is 14.0. The van der Waals surface area contributed by atoms with Crippen molar-refractivity contribution >= 4 is 28.6 Å². The van der Waals surface area contributed by atoms with Crippen LogP contribution < -0.4 is 10.1 Å². The van der Waals surface area contributed by atoms with E-state index in [1.165, 1.54) is 13.5 Å². The number of rotatable bonds is 11. The van der Waals surface area contributed by atoms with Crippen LogP contribution in [0.25, 0.3) is 10.8 Å². The summed E-state index contributed by atoms with van der Waals surface area (Å²) in [5, 5.41) is 5.23.